The van der Waals surface area contributed by atoms with Gasteiger partial charge in [0.15, 0.2) is 0 Å². The zero-order valence-electron chi connectivity index (χ0n) is 27.2. The predicted octanol–water partition coefficient (Wildman–Crippen LogP) is 7.16. The SMILES string of the molecule is Cc1ccc(S(=O)(=O)N(CC(=O)N(Cc2cccc(Cl)c2)[C@H](Cc2ccccc2)C(=O)NC2CCCC2)c2ccc(C)c(C)c2)cc1. The molecule has 0 radical (unpaired) electrons. The van der Waals surface area contributed by atoms with Crippen LogP contribution in [0.3, 0.4) is 0 Å². The maximum atomic E-state index is 14.7. The molecule has 0 spiro atoms. The lowest BCUT2D eigenvalue weighted by Gasteiger charge is -2.34. The molecule has 9 heteroatoms. The van der Waals surface area contributed by atoms with Crippen molar-refractivity contribution in [1.29, 1.82) is 0 Å². The summed E-state index contributed by atoms with van der Waals surface area (Å²) < 4.78 is 29.7. The van der Waals surface area contributed by atoms with Gasteiger partial charge in [-0.2, -0.15) is 0 Å². The zero-order valence-corrected chi connectivity index (χ0v) is 28.7. The van der Waals surface area contributed by atoms with Crippen LogP contribution in [0.5, 0.6) is 0 Å². The van der Waals surface area contributed by atoms with Crippen molar-refractivity contribution in [1.82, 2.24) is 10.2 Å². The minimum absolute atomic E-state index is 0.0397. The van der Waals surface area contributed by atoms with Gasteiger partial charge >= 0.3 is 0 Å². The number of hydrogen-bond acceptors (Lipinski definition) is 4. The lowest BCUT2D eigenvalue weighted by atomic mass is 10.0. The molecule has 1 fully saturated rings. The minimum Gasteiger partial charge on any atom is -0.352 e. The van der Waals surface area contributed by atoms with Crippen LogP contribution in [0.25, 0.3) is 0 Å². The van der Waals surface area contributed by atoms with Gasteiger partial charge in [-0.05, 0) is 92.3 Å². The second-order valence-corrected chi connectivity index (χ2v) is 14.7. The molecule has 246 valence electrons. The lowest BCUT2D eigenvalue weighted by molar-refractivity contribution is -0.140. The van der Waals surface area contributed by atoms with Crippen LogP contribution in [0, 0.1) is 20.8 Å². The number of amides is 2. The molecule has 0 unspecified atom stereocenters. The molecule has 0 saturated heterocycles. The van der Waals surface area contributed by atoms with Crippen LogP contribution in [-0.2, 0) is 32.6 Å². The average Bonchev–Trinajstić information content (AvgIpc) is 3.56. The van der Waals surface area contributed by atoms with Crippen LogP contribution in [0.15, 0.2) is 102 Å². The van der Waals surface area contributed by atoms with Crippen LogP contribution < -0.4 is 9.62 Å². The Labute approximate surface area is 283 Å². The van der Waals surface area contributed by atoms with Gasteiger partial charge in [-0.25, -0.2) is 8.42 Å². The molecule has 1 saturated carbocycles. The molecule has 0 heterocycles. The van der Waals surface area contributed by atoms with E-state index < -0.39 is 28.5 Å². The molecule has 2 amide bonds. The highest BCUT2D eigenvalue weighted by Gasteiger charge is 2.35. The Morgan fingerprint density at radius 3 is 2.17 bits per heavy atom. The second-order valence-electron chi connectivity index (χ2n) is 12.4. The van der Waals surface area contributed by atoms with Gasteiger partial charge in [0.25, 0.3) is 10.0 Å². The Hall–Kier alpha value is -4.14. The van der Waals surface area contributed by atoms with E-state index in [2.05, 4.69) is 5.32 Å². The third-order valence-electron chi connectivity index (χ3n) is 8.88. The first kappa shape index (κ1) is 34.2. The predicted molar refractivity (Wildman–Crippen MR) is 188 cm³/mol. The van der Waals surface area contributed by atoms with Crippen molar-refractivity contribution in [2.45, 2.75) is 76.4 Å². The average molecular weight is 672 g/mol. The van der Waals surface area contributed by atoms with E-state index >= 15 is 0 Å². The molecular formula is C38H42ClN3O4S. The fourth-order valence-corrected chi connectivity index (χ4v) is 7.62. The molecule has 4 aromatic carbocycles. The molecule has 0 bridgehead atoms. The van der Waals surface area contributed by atoms with E-state index in [4.69, 9.17) is 11.6 Å². The standard InChI is InChI=1S/C38H42ClN3O4S/c1-27-16-20-35(21-17-27)47(45,46)42(34-19-18-28(2)29(3)22-34)26-37(43)41(25-31-12-9-13-32(39)23-31)36(24-30-10-5-4-6-11-30)38(44)40-33-14-7-8-15-33/h4-6,9-13,16-23,33,36H,7-8,14-15,24-26H2,1-3H3,(H,40,44)/t36-/m1/s1. The van der Waals surface area contributed by atoms with E-state index in [-0.39, 0.29) is 29.8 Å². The van der Waals surface area contributed by atoms with Crippen LogP contribution in [0.4, 0.5) is 5.69 Å². The first-order chi connectivity index (χ1) is 22.5. The zero-order chi connectivity index (χ0) is 33.6. The Kier molecular flexibility index (Phi) is 11.0. The number of carbonyl (C=O) groups is 2. The Bertz CT molecular complexity index is 1810. The van der Waals surface area contributed by atoms with E-state index in [9.17, 15) is 18.0 Å². The molecule has 5 rings (SSSR count). The van der Waals surface area contributed by atoms with E-state index in [1.54, 1.807) is 54.6 Å². The van der Waals surface area contributed by atoms with Gasteiger partial charge in [0.2, 0.25) is 11.8 Å². The Morgan fingerprint density at radius 1 is 0.830 bits per heavy atom. The molecule has 7 nitrogen and oxygen atoms in total. The maximum Gasteiger partial charge on any atom is 0.264 e. The van der Waals surface area contributed by atoms with Crippen LogP contribution >= 0.6 is 11.6 Å². The minimum atomic E-state index is -4.17. The van der Waals surface area contributed by atoms with Gasteiger partial charge in [0, 0.05) is 24.0 Å². The topological polar surface area (TPSA) is 86.8 Å². The molecule has 47 heavy (non-hydrogen) atoms. The summed E-state index contributed by atoms with van der Waals surface area (Å²) in [5.41, 5.74) is 4.81. The third kappa shape index (κ3) is 8.62. The van der Waals surface area contributed by atoms with E-state index in [1.807, 2.05) is 63.2 Å². The van der Waals surface area contributed by atoms with Crippen molar-refractivity contribution in [3.05, 3.63) is 130 Å². The van der Waals surface area contributed by atoms with Gasteiger partial charge in [0.05, 0.1) is 10.6 Å². The van der Waals surface area contributed by atoms with Gasteiger partial charge < -0.3 is 10.2 Å². The van der Waals surface area contributed by atoms with Gasteiger partial charge in [-0.3, -0.25) is 13.9 Å². The second kappa shape index (κ2) is 15.2. The summed E-state index contributed by atoms with van der Waals surface area (Å²) >= 11 is 6.35. The third-order valence-corrected chi connectivity index (χ3v) is 10.9. The fraction of sp³-hybridized carbons (Fsp3) is 0.316. The number of sulfonamides is 1. The molecular weight excluding hydrogens is 630 g/mol. The number of nitrogens with one attached hydrogen (secondary N) is 1. The number of anilines is 1. The van der Waals surface area contributed by atoms with Crippen LogP contribution in [0.1, 0.15) is 53.5 Å². The monoisotopic (exact) mass is 671 g/mol. The summed E-state index contributed by atoms with van der Waals surface area (Å²) in [4.78, 5) is 30.4. The molecule has 4 aromatic rings. The fourth-order valence-electron chi connectivity index (χ4n) is 6.00. The number of carbonyl (C=O) groups excluding carboxylic acids is 2. The number of halogens is 1. The highest BCUT2D eigenvalue weighted by molar-refractivity contribution is 7.92. The number of rotatable bonds is 12. The number of hydrogen-bond donors (Lipinski definition) is 1. The quantitative estimate of drug-likeness (QED) is 0.173. The summed E-state index contributed by atoms with van der Waals surface area (Å²) in [5, 5.41) is 3.70. The number of nitrogens with zero attached hydrogens (tertiary/aromatic N) is 2. The first-order valence-corrected chi connectivity index (χ1v) is 17.9. The number of aryl methyl sites for hydroxylation is 3. The highest BCUT2D eigenvalue weighted by atomic mass is 35.5. The summed E-state index contributed by atoms with van der Waals surface area (Å²) in [6.45, 7) is 5.32. The number of benzene rings is 4. The molecule has 1 aliphatic carbocycles. The van der Waals surface area contributed by atoms with Crippen LogP contribution in [-0.4, -0.2) is 43.8 Å². The molecule has 1 N–H and O–H groups in total. The van der Waals surface area contributed by atoms with Gasteiger partial charge in [-0.15, -0.1) is 0 Å². The smallest absolute Gasteiger partial charge is 0.264 e. The van der Waals surface area contributed by atoms with Crippen molar-refractivity contribution in [2.75, 3.05) is 10.8 Å². The molecule has 1 atom stereocenters. The summed E-state index contributed by atoms with van der Waals surface area (Å²) in [7, 11) is -4.17. The summed E-state index contributed by atoms with van der Waals surface area (Å²) in [6, 6.07) is 27.8. The van der Waals surface area contributed by atoms with E-state index in [0.717, 1.165) is 57.8 Å². The molecule has 0 aromatic heterocycles. The highest BCUT2D eigenvalue weighted by Crippen LogP contribution is 2.28. The van der Waals surface area contributed by atoms with E-state index in [1.165, 1.54) is 4.90 Å². The lowest BCUT2D eigenvalue weighted by Crippen LogP contribution is -2.54. The Balaban J connectivity index is 1.58. The van der Waals surface area contributed by atoms with Crippen molar-refractivity contribution in [3.8, 4) is 0 Å². The largest absolute Gasteiger partial charge is 0.352 e. The van der Waals surface area contributed by atoms with Crippen LogP contribution in [0.2, 0.25) is 5.02 Å². The molecule has 1 aliphatic rings. The maximum absolute atomic E-state index is 14.7. The van der Waals surface area contributed by atoms with E-state index in [0.29, 0.717) is 10.7 Å². The van der Waals surface area contributed by atoms with Crippen molar-refractivity contribution >= 4 is 39.1 Å². The normalized spacial score (nSPS) is 14.0. The summed E-state index contributed by atoms with van der Waals surface area (Å²) in [5.74, 6) is -0.753. The van der Waals surface area contributed by atoms with Crippen molar-refractivity contribution < 1.29 is 18.0 Å². The summed E-state index contributed by atoms with van der Waals surface area (Å²) in [6.07, 6.45) is 4.13. The van der Waals surface area contributed by atoms with Gasteiger partial charge in [-0.1, -0.05) is 90.7 Å². The van der Waals surface area contributed by atoms with Crippen molar-refractivity contribution in [3.63, 3.8) is 0 Å². The first-order valence-electron chi connectivity index (χ1n) is 16.1. The van der Waals surface area contributed by atoms with Crippen molar-refractivity contribution in [2.24, 2.45) is 0 Å². The molecule has 0 aliphatic heterocycles. The Morgan fingerprint density at radius 2 is 1.51 bits per heavy atom. The van der Waals surface area contributed by atoms with Gasteiger partial charge in [0.1, 0.15) is 12.6 Å².